The van der Waals surface area contributed by atoms with Gasteiger partial charge in [0.05, 0.1) is 12.1 Å². The average molecular weight is 221 g/mol. The molecule has 6 nitrogen and oxygen atoms in total. The molecule has 0 aliphatic carbocycles. The second-order valence-electron chi connectivity index (χ2n) is 3.52. The number of nitrogens with zero attached hydrogens (tertiary/aromatic N) is 2. The Bertz CT molecular complexity index is 432. The molecule has 0 saturated heterocycles. The standard InChI is InChI=1S/C10H11N3O3/c11-6-10(9(14)15)5-8(13-16-10)7-3-1-2-4-12-7/h1-4H,5-6,11H2,(H,14,15). The number of hydrogen-bond acceptors (Lipinski definition) is 5. The van der Waals surface area contributed by atoms with Crippen molar-refractivity contribution in [2.45, 2.75) is 12.0 Å². The van der Waals surface area contributed by atoms with Crippen LogP contribution in [0.1, 0.15) is 12.1 Å². The van der Waals surface area contributed by atoms with E-state index in [2.05, 4.69) is 10.1 Å². The highest BCUT2D eigenvalue weighted by Gasteiger charge is 2.46. The van der Waals surface area contributed by atoms with Crippen LogP contribution in [0.2, 0.25) is 0 Å². The molecule has 2 heterocycles. The number of rotatable bonds is 3. The number of carboxylic acid groups (broad SMARTS) is 1. The van der Waals surface area contributed by atoms with Crippen molar-refractivity contribution in [3.8, 4) is 0 Å². The fourth-order valence-electron chi connectivity index (χ4n) is 1.46. The molecule has 16 heavy (non-hydrogen) atoms. The normalized spacial score (nSPS) is 23.7. The van der Waals surface area contributed by atoms with E-state index in [1.165, 1.54) is 0 Å². The molecule has 0 spiro atoms. The lowest BCUT2D eigenvalue weighted by atomic mass is 9.96. The first-order valence-corrected chi connectivity index (χ1v) is 4.78. The number of carbonyl (C=O) groups is 1. The summed E-state index contributed by atoms with van der Waals surface area (Å²) in [5, 5.41) is 12.8. The summed E-state index contributed by atoms with van der Waals surface area (Å²) < 4.78 is 0. The second-order valence-corrected chi connectivity index (χ2v) is 3.52. The van der Waals surface area contributed by atoms with E-state index in [0.717, 1.165) is 0 Å². The van der Waals surface area contributed by atoms with Crippen molar-refractivity contribution in [3.63, 3.8) is 0 Å². The van der Waals surface area contributed by atoms with Crippen LogP contribution in [0.5, 0.6) is 0 Å². The lowest BCUT2D eigenvalue weighted by Gasteiger charge is -2.18. The van der Waals surface area contributed by atoms with Gasteiger partial charge in [0.25, 0.3) is 5.60 Å². The Morgan fingerprint density at radius 2 is 2.44 bits per heavy atom. The maximum Gasteiger partial charge on any atom is 0.352 e. The molecule has 6 heteroatoms. The number of pyridine rings is 1. The molecule has 1 aliphatic heterocycles. The van der Waals surface area contributed by atoms with Gasteiger partial charge in [0, 0.05) is 12.7 Å². The zero-order valence-electron chi connectivity index (χ0n) is 8.46. The SMILES string of the molecule is NCC1(C(=O)O)CC(c2ccccn2)=NO1. The number of nitrogens with two attached hydrogens (primary N) is 1. The van der Waals surface area contributed by atoms with Crippen LogP contribution in [0.15, 0.2) is 29.6 Å². The van der Waals surface area contributed by atoms with E-state index in [1.807, 2.05) is 0 Å². The molecule has 1 aliphatic rings. The van der Waals surface area contributed by atoms with Crippen molar-refractivity contribution < 1.29 is 14.7 Å². The van der Waals surface area contributed by atoms with E-state index >= 15 is 0 Å². The Hall–Kier alpha value is -1.95. The predicted octanol–water partition coefficient (Wildman–Crippen LogP) is -0.0119. The summed E-state index contributed by atoms with van der Waals surface area (Å²) in [5.41, 5.74) is 5.09. The molecule has 0 radical (unpaired) electrons. The molecule has 0 aromatic carbocycles. The van der Waals surface area contributed by atoms with Gasteiger partial charge >= 0.3 is 5.97 Å². The quantitative estimate of drug-likeness (QED) is 0.747. The Morgan fingerprint density at radius 1 is 1.62 bits per heavy atom. The van der Waals surface area contributed by atoms with E-state index in [9.17, 15) is 4.79 Å². The largest absolute Gasteiger partial charge is 0.478 e. The Morgan fingerprint density at radius 3 is 2.94 bits per heavy atom. The third-order valence-corrected chi connectivity index (χ3v) is 2.46. The summed E-state index contributed by atoms with van der Waals surface area (Å²) in [7, 11) is 0. The summed E-state index contributed by atoms with van der Waals surface area (Å²) in [6, 6.07) is 5.32. The highest BCUT2D eigenvalue weighted by Crippen LogP contribution is 2.25. The van der Waals surface area contributed by atoms with Gasteiger partial charge in [-0.25, -0.2) is 4.79 Å². The fourth-order valence-corrected chi connectivity index (χ4v) is 1.46. The van der Waals surface area contributed by atoms with E-state index in [1.54, 1.807) is 24.4 Å². The zero-order valence-corrected chi connectivity index (χ0v) is 8.46. The second kappa shape index (κ2) is 3.90. The average Bonchev–Trinajstić information content (AvgIpc) is 2.76. The van der Waals surface area contributed by atoms with Gasteiger partial charge in [-0.1, -0.05) is 11.2 Å². The molecule has 0 fully saturated rings. The van der Waals surface area contributed by atoms with Crippen LogP contribution in [0, 0.1) is 0 Å². The molecule has 84 valence electrons. The molecule has 1 unspecified atom stereocenters. The summed E-state index contributed by atoms with van der Waals surface area (Å²) in [5.74, 6) is -1.11. The van der Waals surface area contributed by atoms with E-state index in [0.29, 0.717) is 11.4 Å². The molecular weight excluding hydrogens is 210 g/mol. The summed E-state index contributed by atoms with van der Waals surface area (Å²) >= 11 is 0. The lowest BCUT2D eigenvalue weighted by Crippen LogP contribution is -2.46. The van der Waals surface area contributed by atoms with Gasteiger partial charge in [0.15, 0.2) is 0 Å². The Kier molecular flexibility index (Phi) is 2.57. The highest BCUT2D eigenvalue weighted by atomic mass is 16.7. The van der Waals surface area contributed by atoms with Crippen molar-refractivity contribution in [1.29, 1.82) is 0 Å². The summed E-state index contributed by atoms with van der Waals surface area (Å²) in [6.07, 6.45) is 1.75. The molecular formula is C10H11N3O3. The highest BCUT2D eigenvalue weighted by molar-refractivity contribution is 6.03. The Balaban J connectivity index is 2.22. The van der Waals surface area contributed by atoms with Crippen molar-refractivity contribution in [1.82, 2.24) is 4.98 Å². The van der Waals surface area contributed by atoms with Crippen molar-refractivity contribution in [2.75, 3.05) is 6.54 Å². The van der Waals surface area contributed by atoms with Gasteiger partial charge in [-0.15, -0.1) is 0 Å². The van der Waals surface area contributed by atoms with Gasteiger partial charge < -0.3 is 15.7 Å². The van der Waals surface area contributed by atoms with Gasteiger partial charge in [-0.05, 0) is 12.1 Å². The van der Waals surface area contributed by atoms with Crippen LogP contribution in [0.4, 0.5) is 0 Å². The summed E-state index contributed by atoms with van der Waals surface area (Å²) in [4.78, 5) is 20.0. The number of carboxylic acids is 1. The molecule has 3 N–H and O–H groups in total. The summed E-state index contributed by atoms with van der Waals surface area (Å²) in [6.45, 7) is -0.123. The lowest BCUT2D eigenvalue weighted by molar-refractivity contribution is -0.161. The van der Waals surface area contributed by atoms with Crippen molar-refractivity contribution in [2.24, 2.45) is 10.9 Å². The molecule has 0 amide bonds. The van der Waals surface area contributed by atoms with Crippen LogP contribution in [-0.2, 0) is 9.63 Å². The number of aromatic nitrogens is 1. The number of aliphatic carboxylic acids is 1. The topological polar surface area (TPSA) is 97.8 Å². The molecule has 0 saturated carbocycles. The molecule has 1 aromatic rings. The van der Waals surface area contributed by atoms with Crippen LogP contribution < -0.4 is 5.73 Å². The monoisotopic (exact) mass is 221 g/mol. The number of oxime groups is 1. The van der Waals surface area contributed by atoms with Gasteiger partial charge in [0.1, 0.15) is 5.71 Å². The van der Waals surface area contributed by atoms with Gasteiger partial charge in [-0.2, -0.15) is 0 Å². The first-order valence-electron chi connectivity index (χ1n) is 4.78. The fraction of sp³-hybridized carbons (Fsp3) is 0.300. The molecule has 1 aromatic heterocycles. The van der Waals surface area contributed by atoms with Crippen LogP contribution in [0.25, 0.3) is 0 Å². The Labute approximate surface area is 91.7 Å². The molecule has 2 rings (SSSR count). The number of hydrogen-bond donors (Lipinski definition) is 2. The van der Waals surface area contributed by atoms with Crippen molar-refractivity contribution >= 4 is 11.7 Å². The predicted molar refractivity (Wildman–Crippen MR) is 55.9 cm³/mol. The van der Waals surface area contributed by atoms with E-state index in [-0.39, 0.29) is 13.0 Å². The third-order valence-electron chi connectivity index (χ3n) is 2.46. The van der Waals surface area contributed by atoms with E-state index in [4.69, 9.17) is 15.7 Å². The van der Waals surface area contributed by atoms with Gasteiger partial charge in [-0.3, -0.25) is 4.98 Å². The maximum atomic E-state index is 11.0. The maximum absolute atomic E-state index is 11.0. The minimum absolute atomic E-state index is 0.123. The van der Waals surface area contributed by atoms with Crippen LogP contribution in [0.3, 0.4) is 0 Å². The molecule has 1 atom stereocenters. The smallest absolute Gasteiger partial charge is 0.352 e. The molecule has 0 bridgehead atoms. The van der Waals surface area contributed by atoms with E-state index < -0.39 is 11.6 Å². The minimum Gasteiger partial charge on any atom is -0.478 e. The van der Waals surface area contributed by atoms with Gasteiger partial charge in [0.2, 0.25) is 0 Å². The van der Waals surface area contributed by atoms with Crippen molar-refractivity contribution in [3.05, 3.63) is 30.1 Å². The first kappa shape index (κ1) is 10.6. The van der Waals surface area contributed by atoms with Crippen LogP contribution in [-0.4, -0.2) is 33.9 Å². The van der Waals surface area contributed by atoms with Crippen LogP contribution >= 0.6 is 0 Å². The first-order chi connectivity index (χ1) is 7.68. The zero-order chi connectivity index (χ0) is 11.6. The minimum atomic E-state index is -1.44. The third kappa shape index (κ3) is 1.63.